The Morgan fingerprint density at radius 1 is 1.30 bits per heavy atom. The highest BCUT2D eigenvalue weighted by molar-refractivity contribution is 5.95. The smallest absolute Gasteiger partial charge is 0.332 e. The maximum absolute atomic E-state index is 12.4. The molecular formula is C16H23Cl2N5O4. The number of β-amino-alcohol motifs (C(OH)–C–C–N with tert-alkyl or cyclic N) is 1. The van der Waals surface area contributed by atoms with Gasteiger partial charge in [0.2, 0.25) is 0 Å². The average molecular weight is 420 g/mol. The molecular weight excluding hydrogens is 397 g/mol. The summed E-state index contributed by atoms with van der Waals surface area (Å²) in [6.45, 7) is 3.17. The first-order valence-electron chi connectivity index (χ1n) is 8.05. The zero-order valence-electron chi connectivity index (χ0n) is 15.2. The molecule has 11 heteroatoms. The number of carbonyl (C=O) groups is 1. The van der Waals surface area contributed by atoms with Crippen LogP contribution in [0.4, 0.5) is 0 Å². The van der Waals surface area contributed by atoms with E-state index in [9.17, 15) is 19.5 Å². The van der Waals surface area contributed by atoms with Crippen molar-refractivity contribution < 1.29 is 9.90 Å². The van der Waals surface area contributed by atoms with Crippen molar-refractivity contribution in [2.45, 2.75) is 13.0 Å². The summed E-state index contributed by atoms with van der Waals surface area (Å²) in [7, 11) is 2.92. The molecule has 3 heterocycles. The van der Waals surface area contributed by atoms with E-state index in [1.54, 1.807) is 6.92 Å². The Morgan fingerprint density at radius 2 is 1.96 bits per heavy atom. The van der Waals surface area contributed by atoms with Crippen LogP contribution in [0.3, 0.4) is 0 Å². The molecule has 1 fully saturated rings. The summed E-state index contributed by atoms with van der Waals surface area (Å²) in [4.78, 5) is 41.0. The van der Waals surface area contributed by atoms with Gasteiger partial charge in [0.15, 0.2) is 0 Å². The first-order valence-corrected chi connectivity index (χ1v) is 8.05. The lowest BCUT2D eigenvalue weighted by Crippen LogP contribution is -2.38. The summed E-state index contributed by atoms with van der Waals surface area (Å²) >= 11 is 0. The van der Waals surface area contributed by atoms with E-state index < -0.39 is 23.3 Å². The van der Waals surface area contributed by atoms with Gasteiger partial charge in [-0.25, -0.2) is 9.78 Å². The average Bonchev–Trinajstić information content (AvgIpc) is 3.00. The van der Waals surface area contributed by atoms with Crippen molar-refractivity contribution >= 4 is 41.8 Å². The van der Waals surface area contributed by atoms with Gasteiger partial charge < -0.3 is 15.7 Å². The lowest BCUT2D eigenvalue weighted by atomic mass is 10.1. The van der Waals surface area contributed by atoms with Gasteiger partial charge in [0, 0.05) is 39.6 Å². The fourth-order valence-electron chi connectivity index (χ4n) is 3.09. The van der Waals surface area contributed by atoms with E-state index in [2.05, 4.69) is 15.6 Å². The van der Waals surface area contributed by atoms with Gasteiger partial charge in [0.05, 0.1) is 11.5 Å². The van der Waals surface area contributed by atoms with Crippen LogP contribution in [0.15, 0.2) is 15.7 Å². The normalized spacial score (nSPS) is 18.7. The molecule has 0 aromatic carbocycles. The van der Waals surface area contributed by atoms with Crippen molar-refractivity contribution in [3.63, 3.8) is 0 Å². The van der Waals surface area contributed by atoms with Crippen molar-refractivity contribution in [3.05, 3.63) is 38.2 Å². The number of nitrogens with one attached hydrogen (secondary N) is 2. The molecule has 1 aliphatic heterocycles. The fraction of sp³-hybridized carbons (Fsp3) is 0.500. The van der Waals surface area contributed by atoms with Gasteiger partial charge in [-0.2, -0.15) is 0 Å². The minimum atomic E-state index is -0.498. The Bertz CT molecular complexity index is 972. The summed E-state index contributed by atoms with van der Waals surface area (Å²) in [5.74, 6) is -0.459. The van der Waals surface area contributed by atoms with Gasteiger partial charge in [-0.05, 0) is 18.6 Å². The molecule has 2 atom stereocenters. The highest BCUT2D eigenvalue weighted by Gasteiger charge is 2.25. The van der Waals surface area contributed by atoms with Crippen LogP contribution in [0, 0.1) is 12.8 Å². The van der Waals surface area contributed by atoms with Crippen LogP contribution in [0.2, 0.25) is 0 Å². The van der Waals surface area contributed by atoms with Crippen LogP contribution < -0.4 is 21.9 Å². The Kier molecular flexibility index (Phi) is 7.56. The molecule has 1 saturated heterocycles. The third-order valence-corrected chi connectivity index (χ3v) is 4.67. The number of aliphatic hydroxyl groups is 1. The molecule has 0 radical (unpaired) electrons. The van der Waals surface area contributed by atoms with Crippen molar-refractivity contribution in [3.8, 4) is 0 Å². The van der Waals surface area contributed by atoms with Gasteiger partial charge in [0.1, 0.15) is 11.3 Å². The first kappa shape index (κ1) is 23.1. The second kappa shape index (κ2) is 8.83. The Labute approximate surface area is 167 Å². The highest BCUT2D eigenvalue weighted by atomic mass is 35.5. The predicted octanol–water partition coefficient (Wildman–Crippen LogP) is -0.906. The number of aromatic nitrogens is 3. The van der Waals surface area contributed by atoms with E-state index in [0.717, 1.165) is 4.57 Å². The lowest BCUT2D eigenvalue weighted by Gasteiger charge is -2.15. The van der Waals surface area contributed by atoms with E-state index in [-0.39, 0.29) is 42.1 Å². The summed E-state index contributed by atoms with van der Waals surface area (Å²) < 4.78 is 2.27. The number of amides is 1. The van der Waals surface area contributed by atoms with Gasteiger partial charge in [0.25, 0.3) is 11.5 Å². The van der Waals surface area contributed by atoms with Crippen LogP contribution in [0.25, 0.3) is 11.0 Å². The van der Waals surface area contributed by atoms with E-state index >= 15 is 0 Å². The number of nitrogens with zero attached hydrogens (tertiary/aromatic N) is 3. The molecule has 0 saturated carbocycles. The van der Waals surface area contributed by atoms with Gasteiger partial charge in [-0.15, -0.1) is 24.8 Å². The number of aryl methyl sites for hydroxylation is 2. The summed E-state index contributed by atoms with van der Waals surface area (Å²) in [6.07, 6.45) is -0.490. The standard InChI is InChI=1S/C16H21N5O4.2ClH/c1-8-4-10(14(23)18-6-9-5-17-7-11(9)22)19-13-12(8)15(24)21(3)16(25)20(13)2;;/h4,9,11,17,22H,5-7H2,1-3H3,(H,18,23);2*1H. The third-order valence-electron chi connectivity index (χ3n) is 4.67. The van der Waals surface area contributed by atoms with Crippen LogP contribution in [-0.4, -0.2) is 50.9 Å². The molecule has 0 spiro atoms. The number of pyridine rings is 1. The Balaban J connectivity index is 0.00000182. The fourth-order valence-corrected chi connectivity index (χ4v) is 3.09. The summed E-state index contributed by atoms with van der Waals surface area (Å²) in [5, 5.41) is 15.9. The van der Waals surface area contributed by atoms with Crippen molar-refractivity contribution in [2.24, 2.45) is 20.0 Å². The number of carbonyl (C=O) groups excluding carboxylic acids is 1. The van der Waals surface area contributed by atoms with E-state index in [0.29, 0.717) is 30.6 Å². The Morgan fingerprint density at radius 3 is 2.56 bits per heavy atom. The van der Waals surface area contributed by atoms with Crippen LogP contribution in [-0.2, 0) is 14.1 Å². The van der Waals surface area contributed by atoms with Crippen molar-refractivity contribution in [1.82, 2.24) is 24.8 Å². The molecule has 0 bridgehead atoms. The number of hydrogen-bond donors (Lipinski definition) is 3. The lowest BCUT2D eigenvalue weighted by molar-refractivity contribution is 0.0922. The topological polar surface area (TPSA) is 118 Å². The summed E-state index contributed by atoms with van der Waals surface area (Å²) in [6, 6.07) is 1.53. The van der Waals surface area contributed by atoms with Crippen molar-refractivity contribution in [2.75, 3.05) is 19.6 Å². The molecule has 2 aromatic rings. The van der Waals surface area contributed by atoms with E-state index in [1.807, 2.05) is 0 Å². The first-order chi connectivity index (χ1) is 11.8. The maximum Gasteiger partial charge on any atom is 0.332 e. The number of fused-ring (bicyclic) bond motifs is 1. The Hall–Kier alpha value is -1.94. The molecule has 3 rings (SSSR count). The van der Waals surface area contributed by atoms with Crippen LogP contribution in [0.5, 0.6) is 0 Å². The number of rotatable bonds is 3. The van der Waals surface area contributed by atoms with Crippen LogP contribution >= 0.6 is 24.8 Å². The molecule has 2 unspecified atom stereocenters. The zero-order valence-corrected chi connectivity index (χ0v) is 16.8. The molecule has 150 valence electrons. The van der Waals surface area contributed by atoms with E-state index in [4.69, 9.17) is 0 Å². The van der Waals surface area contributed by atoms with Gasteiger partial charge in [-0.1, -0.05) is 0 Å². The zero-order chi connectivity index (χ0) is 18.3. The molecule has 9 nitrogen and oxygen atoms in total. The van der Waals surface area contributed by atoms with Gasteiger partial charge in [-0.3, -0.25) is 18.7 Å². The quantitative estimate of drug-likeness (QED) is 0.592. The maximum atomic E-state index is 12.4. The molecule has 27 heavy (non-hydrogen) atoms. The highest BCUT2D eigenvalue weighted by Crippen LogP contribution is 2.13. The molecule has 1 aliphatic rings. The minimum Gasteiger partial charge on any atom is -0.391 e. The molecule has 0 aliphatic carbocycles. The monoisotopic (exact) mass is 419 g/mol. The molecule has 2 aromatic heterocycles. The van der Waals surface area contributed by atoms with Gasteiger partial charge >= 0.3 is 5.69 Å². The molecule has 3 N–H and O–H groups in total. The third kappa shape index (κ3) is 4.16. The van der Waals surface area contributed by atoms with Crippen molar-refractivity contribution in [1.29, 1.82) is 0 Å². The number of aliphatic hydroxyl groups excluding tert-OH is 1. The van der Waals surface area contributed by atoms with Crippen LogP contribution in [0.1, 0.15) is 16.1 Å². The number of hydrogen-bond acceptors (Lipinski definition) is 6. The van der Waals surface area contributed by atoms with E-state index in [1.165, 1.54) is 24.7 Å². The predicted molar refractivity (Wildman–Crippen MR) is 106 cm³/mol. The number of halogens is 2. The minimum absolute atomic E-state index is 0. The second-order valence-electron chi connectivity index (χ2n) is 6.42. The molecule has 1 amide bonds. The summed E-state index contributed by atoms with van der Waals surface area (Å²) in [5.41, 5.74) is -0.0410. The largest absolute Gasteiger partial charge is 0.391 e. The SMILES string of the molecule is Cc1cc(C(=O)NCC2CNCC2O)nc2c1c(=O)n(C)c(=O)n2C.Cl.Cl. The second-order valence-corrected chi connectivity index (χ2v) is 6.42.